The summed E-state index contributed by atoms with van der Waals surface area (Å²) in [7, 11) is 1.94. The zero-order chi connectivity index (χ0) is 20.0. The Labute approximate surface area is 176 Å². The van der Waals surface area contributed by atoms with Gasteiger partial charge in [0.1, 0.15) is 0 Å². The van der Waals surface area contributed by atoms with Crippen molar-refractivity contribution in [3.63, 3.8) is 0 Å². The fourth-order valence-corrected chi connectivity index (χ4v) is 7.19. The lowest BCUT2D eigenvalue weighted by atomic mass is 9.48. The maximum Gasteiger partial charge on any atom is 0.230 e. The molecule has 4 bridgehead atoms. The second-order valence-electron chi connectivity index (χ2n) is 9.46. The van der Waals surface area contributed by atoms with E-state index in [9.17, 15) is 4.79 Å². The molecule has 6 nitrogen and oxygen atoms in total. The summed E-state index contributed by atoms with van der Waals surface area (Å²) in [5.74, 6) is 3.98. The number of carbonyl (C=O) groups is 1. The molecular formula is C22H29N5OS. The van der Waals surface area contributed by atoms with E-state index in [0.29, 0.717) is 11.2 Å². The van der Waals surface area contributed by atoms with E-state index < -0.39 is 0 Å². The predicted molar refractivity (Wildman–Crippen MR) is 113 cm³/mol. The molecule has 0 aliphatic heterocycles. The number of carbonyl (C=O) groups excluding carboxylic acids is 1. The Bertz CT molecular complexity index is 861. The predicted octanol–water partition coefficient (Wildman–Crippen LogP) is 3.69. The summed E-state index contributed by atoms with van der Waals surface area (Å²) >= 11 is 1.45. The maximum absolute atomic E-state index is 12.7. The number of hydrogen-bond acceptors (Lipinski definition) is 5. The van der Waals surface area contributed by atoms with Gasteiger partial charge in [0, 0.05) is 31.0 Å². The van der Waals surface area contributed by atoms with Crippen LogP contribution in [0.15, 0.2) is 29.7 Å². The summed E-state index contributed by atoms with van der Waals surface area (Å²) in [5, 5.41) is 12.7. The summed E-state index contributed by atoms with van der Waals surface area (Å²) < 4.78 is 1.94. The lowest BCUT2D eigenvalue weighted by Crippen LogP contribution is -2.56. The van der Waals surface area contributed by atoms with Crippen molar-refractivity contribution in [3.8, 4) is 11.4 Å². The Morgan fingerprint density at radius 2 is 1.79 bits per heavy atom. The molecule has 2 heterocycles. The van der Waals surface area contributed by atoms with Gasteiger partial charge in [0.2, 0.25) is 5.91 Å². The van der Waals surface area contributed by atoms with Crippen LogP contribution in [0.2, 0.25) is 0 Å². The topological polar surface area (TPSA) is 72.7 Å². The Morgan fingerprint density at radius 3 is 2.41 bits per heavy atom. The molecule has 1 amide bonds. The van der Waals surface area contributed by atoms with E-state index >= 15 is 0 Å². The molecular weight excluding hydrogens is 382 g/mol. The number of rotatable bonds is 6. The highest BCUT2D eigenvalue weighted by Crippen LogP contribution is 2.61. The molecule has 6 rings (SSSR count). The average molecular weight is 412 g/mol. The van der Waals surface area contributed by atoms with Crippen molar-refractivity contribution in [2.24, 2.45) is 30.2 Å². The second-order valence-corrected chi connectivity index (χ2v) is 10.4. The van der Waals surface area contributed by atoms with Gasteiger partial charge in [-0.2, -0.15) is 0 Å². The molecule has 0 spiro atoms. The van der Waals surface area contributed by atoms with Crippen molar-refractivity contribution in [1.82, 2.24) is 25.1 Å². The molecule has 4 fully saturated rings. The second kappa shape index (κ2) is 7.42. The molecule has 4 aliphatic rings. The van der Waals surface area contributed by atoms with Crippen molar-refractivity contribution in [3.05, 3.63) is 24.5 Å². The van der Waals surface area contributed by atoms with E-state index in [-0.39, 0.29) is 11.9 Å². The summed E-state index contributed by atoms with van der Waals surface area (Å²) in [6, 6.07) is 4.09. The van der Waals surface area contributed by atoms with Crippen LogP contribution in [0.1, 0.15) is 45.4 Å². The fraction of sp³-hybridized carbons (Fsp3) is 0.636. The molecule has 0 unspecified atom stereocenters. The number of amides is 1. The molecule has 29 heavy (non-hydrogen) atoms. The van der Waals surface area contributed by atoms with Gasteiger partial charge in [-0.3, -0.25) is 9.78 Å². The maximum atomic E-state index is 12.7. The van der Waals surface area contributed by atoms with Crippen molar-refractivity contribution in [1.29, 1.82) is 0 Å². The zero-order valence-electron chi connectivity index (χ0n) is 17.2. The van der Waals surface area contributed by atoms with Gasteiger partial charge in [0.25, 0.3) is 0 Å². The standard InChI is InChI=1S/C22H29N5OS/c1-14(22-10-15-7-16(11-22)9-17(8-15)12-22)24-19(28)13-29-21-26-25-20(27(21)2)18-3-5-23-6-4-18/h3-6,14-17H,7-13H2,1-2H3,(H,24,28)/t14-,15?,16?,17?,22?/m0/s1. The minimum absolute atomic E-state index is 0.103. The first kappa shape index (κ1) is 19.1. The highest BCUT2D eigenvalue weighted by molar-refractivity contribution is 7.99. The molecule has 2 aromatic heterocycles. The summed E-state index contributed by atoms with van der Waals surface area (Å²) in [5.41, 5.74) is 1.32. The normalized spacial score (nSPS) is 31.0. The molecule has 154 valence electrons. The largest absolute Gasteiger partial charge is 0.352 e. The highest BCUT2D eigenvalue weighted by Gasteiger charge is 2.53. The zero-order valence-corrected chi connectivity index (χ0v) is 18.0. The van der Waals surface area contributed by atoms with Crippen molar-refractivity contribution >= 4 is 17.7 Å². The number of pyridine rings is 1. The number of thioether (sulfide) groups is 1. The Morgan fingerprint density at radius 1 is 1.17 bits per heavy atom. The van der Waals surface area contributed by atoms with Crippen molar-refractivity contribution in [2.45, 2.75) is 56.6 Å². The van der Waals surface area contributed by atoms with E-state index in [0.717, 1.165) is 34.3 Å². The number of aromatic nitrogens is 4. The van der Waals surface area contributed by atoms with Crippen LogP contribution in [0.4, 0.5) is 0 Å². The lowest BCUT2D eigenvalue weighted by molar-refractivity contribution is -0.123. The fourth-order valence-electron chi connectivity index (χ4n) is 6.47. The van der Waals surface area contributed by atoms with Gasteiger partial charge in [-0.05, 0) is 80.8 Å². The van der Waals surface area contributed by atoms with E-state index in [1.807, 2.05) is 23.7 Å². The van der Waals surface area contributed by atoms with Gasteiger partial charge in [0.15, 0.2) is 11.0 Å². The van der Waals surface area contributed by atoms with Gasteiger partial charge in [-0.15, -0.1) is 10.2 Å². The van der Waals surface area contributed by atoms with E-state index in [1.165, 1.54) is 50.3 Å². The minimum Gasteiger partial charge on any atom is -0.352 e. The number of nitrogens with one attached hydrogen (secondary N) is 1. The van der Waals surface area contributed by atoms with Crippen molar-refractivity contribution < 1.29 is 4.79 Å². The molecule has 4 saturated carbocycles. The molecule has 4 aliphatic carbocycles. The average Bonchev–Trinajstić information content (AvgIpc) is 3.06. The Balaban J connectivity index is 1.19. The first-order valence-corrected chi connectivity index (χ1v) is 11.7. The third-order valence-corrected chi connectivity index (χ3v) is 8.51. The Hall–Kier alpha value is -1.89. The monoisotopic (exact) mass is 411 g/mol. The highest BCUT2D eigenvalue weighted by atomic mass is 32.2. The van der Waals surface area contributed by atoms with Gasteiger partial charge in [-0.1, -0.05) is 11.8 Å². The van der Waals surface area contributed by atoms with Crippen LogP contribution in [0.3, 0.4) is 0 Å². The molecule has 0 aromatic carbocycles. The summed E-state index contributed by atoms with van der Waals surface area (Å²) in [6.45, 7) is 2.24. The quantitative estimate of drug-likeness (QED) is 0.734. The molecule has 1 N–H and O–H groups in total. The molecule has 2 aromatic rings. The van der Waals surface area contributed by atoms with E-state index in [1.54, 1.807) is 12.4 Å². The SMILES string of the molecule is C[C@H](NC(=O)CSc1nnc(-c2ccncc2)n1C)C12CC3CC(CC(C3)C1)C2. The smallest absolute Gasteiger partial charge is 0.230 e. The summed E-state index contributed by atoms with van der Waals surface area (Å²) in [4.78, 5) is 16.8. The van der Waals surface area contributed by atoms with Crippen LogP contribution in [-0.4, -0.2) is 37.5 Å². The van der Waals surface area contributed by atoms with Gasteiger partial charge in [0.05, 0.1) is 5.75 Å². The van der Waals surface area contributed by atoms with Gasteiger partial charge >= 0.3 is 0 Å². The number of hydrogen-bond donors (Lipinski definition) is 1. The van der Waals surface area contributed by atoms with Crippen LogP contribution >= 0.6 is 11.8 Å². The van der Waals surface area contributed by atoms with E-state index in [4.69, 9.17) is 0 Å². The van der Waals surface area contributed by atoms with Crippen LogP contribution in [0.25, 0.3) is 11.4 Å². The van der Waals surface area contributed by atoms with Gasteiger partial charge in [-0.25, -0.2) is 0 Å². The molecule has 1 atom stereocenters. The van der Waals surface area contributed by atoms with Gasteiger partial charge < -0.3 is 9.88 Å². The molecule has 0 saturated heterocycles. The van der Waals surface area contributed by atoms with Crippen LogP contribution in [-0.2, 0) is 11.8 Å². The number of nitrogens with zero attached hydrogens (tertiary/aromatic N) is 4. The van der Waals surface area contributed by atoms with E-state index in [2.05, 4.69) is 27.4 Å². The lowest BCUT2D eigenvalue weighted by Gasteiger charge is -2.59. The van der Waals surface area contributed by atoms with Crippen molar-refractivity contribution in [2.75, 3.05) is 5.75 Å². The minimum atomic E-state index is 0.103. The Kier molecular flexibility index (Phi) is 4.88. The summed E-state index contributed by atoms with van der Waals surface area (Å²) in [6.07, 6.45) is 11.7. The first-order valence-electron chi connectivity index (χ1n) is 10.7. The first-order chi connectivity index (χ1) is 14.0. The molecule has 7 heteroatoms. The van der Waals surface area contributed by atoms with Crippen LogP contribution in [0, 0.1) is 23.2 Å². The van der Waals surface area contributed by atoms with Crippen LogP contribution < -0.4 is 5.32 Å². The third-order valence-electron chi connectivity index (χ3n) is 7.49. The molecule has 0 radical (unpaired) electrons. The van der Waals surface area contributed by atoms with Crippen LogP contribution in [0.5, 0.6) is 0 Å². The third kappa shape index (κ3) is 3.58.